The molecule has 142 valence electrons. The number of hydrogen-bond acceptors (Lipinski definition) is 3. The van der Waals surface area contributed by atoms with Crippen molar-refractivity contribution in [3.63, 3.8) is 0 Å². The summed E-state index contributed by atoms with van der Waals surface area (Å²) >= 11 is 6.02. The van der Waals surface area contributed by atoms with E-state index in [0.29, 0.717) is 17.8 Å². The number of benzene rings is 1. The molecule has 5 rings (SSSR count). The van der Waals surface area contributed by atoms with Crippen LogP contribution in [0.25, 0.3) is 0 Å². The molecule has 0 spiro atoms. The quantitative estimate of drug-likeness (QED) is 0.836. The second-order valence-electron chi connectivity index (χ2n) is 8.85. The summed E-state index contributed by atoms with van der Waals surface area (Å²) in [6, 6.07) is 3.60. The molecule has 4 nitrogen and oxygen atoms in total. The Balaban J connectivity index is 1.48. The molecule has 26 heavy (non-hydrogen) atoms. The van der Waals surface area contributed by atoms with E-state index < -0.39 is 17.0 Å². The maximum atomic E-state index is 13.2. The van der Waals surface area contributed by atoms with Crippen LogP contribution in [-0.4, -0.2) is 28.3 Å². The molecule has 4 saturated carbocycles. The Hall–Kier alpha value is -1.33. The Bertz CT molecular complexity index is 724. The molecule has 4 fully saturated rings. The first-order chi connectivity index (χ1) is 12.2. The van der Waals surface area contributed by atoms with Crippen LogP contribution in [0, 0.1) is 23.6 Å². The minimum atomic E-state index is -1.19. The van der Waals surface area contributed by atoms with Crippen LogP contribution in [0.1, 0.15) is 46.0 Å². The van der Waals surface area contributed by atoms with Gasteiger partial charge in [0.15, 0.2) is 5.60 Å². The topological polar surface area (TPSA) is 58.6 Å². The van der Waals surface area contributed by atoms with E-state index >= 15 is 0 Å². The van der Waals surface area contributed by atoms with E-state index in [0.717, 1.165) is 31.7 Å². The maximum Gasteiger partial charge on any atom is 0.263 e. The highest BCUT2D eigenvalue weighted by atomic mass is 35.5. The first-order valence-electron chi connectivity index (χ1n) is 9.34. The fourth-order valence-corrected chi connectivity index (χ4v) is 5.65. The van der Waals surface area contributed by atoms with Gasteiger partial charge in [0.1, 0.15) is 11.6 Å². The van der Waals surface area contributed by atoms with Crippen molar-refractivity contribution < 1.29 is 19.0 Å². The van der Waals surface area contributed by atoms with Gasteiger partial charge in [-0.25, -0.2) is 4.39 Å². The van der Waals surface area contributed by atoms with Gasteiger partial charge >= 0.3 is 0 Å². The molecule has 1 amide bonds. The third kappa shape index (κ3) is 3.09. The Labute approximate surface area is 158 Å². The first kappa shape index (κ1) is 18.1. The highest BCUT2D eigenvalue weighted by Gasteiger charge is 2.57. The Kier molecular flexibility index (Phi) is 4.23. The number of aliphatic hydroxyl groups is 1. The molecule has 2 N–H and O–H groups in total. The lowest BCUT2D eigenvalue weighted by Gasteiger charge is -2.59. The molecule has 4 bridgehead atoms. The summed E-state index contributed by atoms with van der Waals surface area (Å²) in [5, 5.41) is 14.3. The van der Waals surface area contributed by atoms with Crippen LogP contribution in [0.4, 0.5) is 4.39 Å². The van der Waals surface area contributed by atoms with Gasteiger partial charge in [-0.3, -0.25) is 4.79 Å². The molecule has 4 aliphatic carbocycles. The molecule has 4 aliphatic rings. The zero-order valence-electron chi connectivity index (χ0n) is 15.1. The molecule has 0 saturated heterocycles. The van der Waals surface area contributed by atoms with Crippen LogP contribution in [-0.2, 0) is 4.79 Å². The second kappa shape index (κ2) is 6.10. The van der Waals surface area contributed by atoms with Gasteiger partial charge in [-0.2, -0.15) is 0 Å². The zero-order chi connectivity index (χ0) is 18.7. The van der Waals surface area contributed by atoms with Gasteiger partial charge in [0.25, 0.3) is 5.91 Å². The highest BCUT2D eigenvalue weighted by Crippen LogP contribution is 2.55. The molecule has 0 radical (unpaired) electrons. The van der Waals surface area contributed by atoms with Crippen LogP contribution >= 0.6 is 11.6 Å². The average molecular weight is 382 g/mol. The SMILES string of the molecule is CC(C)(Oc1ccc(F)cc1Cl)C(=O)NC1C2CC3CC(C2)CC1(O)C3. The molecular formula is C20H25ClFNO3. The number of ether oxygens (including phenoxy) is 1. The molecular weight excluding hydrogens is 357 g/mol. The number of rotatable bonds is 4. The smallest absolute Gasteiger partial charge is 0.263 e. The summed E-state index contributed by atoms with van der Waals surface area (Å²) in [5.74, 6) is 1.03. The van der Waals surface area contributed by atoms with E-state index in [9.17, 15) is 14.3 Å². The normalized spacial score (nSPS) is 35.4. The Morgan fingerprint density at radius 2 is 1.96 bits per heavy atom. The molecule has 1 aromatic rings. The van der Waals surface area contributed by atoms with Gasteiger partial charge in [0, 0.05) is 0 Å². The second-order valence-corrected chi connectivity index (χ2v) is 9.26. The van der Waals surface area contributed by atoms with Gasteiger partial charge in [0.05, 0.1) is 16.7 Å². The predicted molar refractivity (Wildman–Crippen MR) is 96.6 cm³/mol. The lowest BCUT2D eigenvalue weighted by atomic mass is 9.52. The summed E-state index contributed by atoms with van der Waals surface area (Å²) in [7, 11) is 0. The van der Waals surface area contributed by atoms with Crippen molar-refractivity contribution in [3.8, 4) is 5.75 Å². The number of hydrogen-bond donors (Lipinski definition) is 2. The van der Waals surface area contributed by atoms with Crippen LogP contribution in [0.2, 0.25) is 5.02 Å². The predicted octanol–water partition coefficient (Wildman–Crippen LogP) is 3.69. The van der Waals surface area contributed by atoms with Crippen molar-refractivity contribution in [3.05, 3.63) is 29.0 Å². The fourth-order valence-electron chi connectivity index (χ4n) is 5.44. The lowest BCUT2D eigenvalue weighted by molar-refractivity contribution is -0.162. The van der Waals surface area contributed by atoms with E-state index in [1.807, 2.05) is 0 Å². The first-order valence-corrected chi connectivity index (χ1v) is 9.71. The van der Waals surface area contributed by atoms with Crippen molar-refractivity contribution in [2.24, 2.45) is 17.8 Å². The van der Waals surface area contributed by atoms with Gasteiger partial charge in [-0.15, -0.1) is 0 Å². The van der Waals surface area contributed by atoms with E-state index in [4.69, 9.17) is 16.3 Å². The highest BCUT2D eigenvalue weighted by molar-refractivity contribution is 6.32. The van der Waals surface area contributed by atoms with Crippen molar-refractivity contribution in [2.45, 2.75) is 63.2 Å². The number of carbonyl (C=O) groups excluding carboxylic acids is 1. The van der Waals surface area contributed by atoms with Crippen molar-refractivity contribution >= 4 is 17.5 Å². The van der Waals surface area contributed by atoms with Gasteiger partial charge in [0.2, 0.25) is 0 Å². The van der Waals surface area contributed by atoms with Crippen LogP contribution in [0.3, 0.4) is 0 Å². The van der Waals surface area contributed by atoms with Gasteiger partial charge in [-0.05, 0) is 81.9 Å². The van der Waals surface area contributed by atoms with E-state index in [-0.39, 0.29) is 22.7 Å². The standard InChI is InChI=1S/C20H25ClFNO3/c1-19(2,26-16-4-3-14(22)8-15(16)21)18(24)23-17-13-6-11-5-12(7-13)10-20(17,25)9-11/h3-4,8,11-13,17,25H,5-7,9-10H2,1-2H3,(H,23,24). The Morgan fingerprint density at radius 1 is 1.31 bits per heavy atom. The van der Waals surface area contributed by atoms with Crippen molar-refractivity contribution in [2.75, 3.05) is 0 Å². The third-order valence-corrected chi connectivity index (χ3v) is 6.66. The molecule has 0 heterocycles. The average Bonchev–Trinajstić information content (AvgIpc) is 2.52. The van der Waals surface area contributed by atoms with Crippen LogP contribution in [0.5, 0.6) is 5.75 Å². The Morgan fingerprint density at radius 3 is 2.54 bits per heavy atom. The number of carbonyl (C=O) groups is 1. The number of amides is 1. The summed E-state index contributed by atoms with van der Waals surface area (Å²) in [6.07, 6.45) is 4.92. The summed E-state index contributed by atoms with van der Waals surface area (Å²) in [4.78, 5) is 12.9. The van der Waals surface area contributed by atoms with E-state index in [2.05, 4.69) is 5.32 Å². The molecule has 3 unspecified atom stereocenters. The molecule has 6 heteroatoms. The summed E-state index contributed by atoms with van der Waals surface area (Å²) < 4.78 is 19.0. The maximum absolute atomic E-state index is 13.2. The van der Waals surface area contributed by atoms with E-state index in [1.54, 1.807) is 13.8 Å². The molecule has 3 atom stereocenters. The van der Waals surface area contributed by atoms with Crippen LogP contribution in [0.15, 0.2) is 18.2 Å². The zero-order valence-corrected chi connectivity index (χ0v) is 15.9. The minimum Gasteiger partial charge on any atom is -0.476 e. The lowest BCUT2D eigenvalue weighted by Crippen LogP contribution is -2.68. The van der Waals surface area contributed by atoms with Gasteiger partial charge < -0.3 is 15.2 Å². The monoisotopic (exact) mass is 381 g/mol. The fraction of sp³-hybridized carbons (Fsp3) is 0.650. The van der Waals surface area contributed by atoms with Gasteiger partial charge in [-0.1, -0.05) is 11.6 Å². The minimum absolute atomic E-state index is 0.124. The third-order valence-electron chi connectivity index (χ3n) is 6.37. The number of halogens is 2. The molecule has 0 aliphatic heterocycles. The number of nitrogens with one attached hydrogen (secondary N) is 1. The van der Waals surface area contributed by atoms with E-state index in [1.165, 1.54) is 18.6 Å². The molecule has 1 aromatic carbocycles. The molecule has 0 aromatic heterocycles. The van der Waals surface area contributed by atoms with Crippen molar-refractivity contribution in [1.29, 1.82) is 0 Å². The largest absolute Gasteiger partial charge is 0.476 e. The van der Waals surface area contributed by atoms with Crippen molar-refractivity contribution in [1.82, 2.24) is 5.32 Å². The van der Waals surface area contributed by atoms with Crippen LogP contribution < -0.4 is 10.1 Å². The summed E-state index contributed by atoms with van der Waals surface area (Å²) in [5.41, 5.74) is -1.99. The summed E-state index contributed by atoms with van der Waals surface area (Å²) in [6.45, 7) is 3.31.